The number of fused-ring (bicyclic) bond motifs is 5. The van der Waals surface area contributed by atoms with Crippen LogP contribution in [0.3, 0.4) is 0 Å². The van der Waals surface area contributed by atoms with Crippen LogP contribution in [0.4, 0.5) is 5.82 Å². The number of aromatic nitrogens is 5. The predicted molar refractivity (Wildman–Crippen MR) is 120 cm³/mol. The Morgan fingerprint density at radius 1 is 1.09 bits per heavy atom. The minimum atomic E-state index is -0.286. The van der Waals surface area contributed by atoms with E-state index in [2.05, 4.69) is 25.5 Å². The monoisotopic (exact) mass is 426 g/mol. The molecule has 0 spiro atoms. The molecule has 0 aliphatic carbocycles. The zero-order valence-electron chi connectivity index (χ0n) is 17.6. The standard InChI is InChI=1S/C24H22N6O2/c1-16-4-3-13-30-15-26-29-23(30)20-5-2-6-22(27-20)28-24(31)19-14-18(7-8-21(19)32-16)17-9-11-25-12-10-17/h2,5-12,14-16H,3-4,13H2,1H3,(H,27,28,31)/t16-/m1/s1. The smallest absolute Gasteiger partial charge is 0.260 e. The number of carbonyl (C=O) groups excluding carboxylic acids is 1. The number of hydrogen-bond donors (Lipinski definition) is 1. The van der Waals surface area contributed by atoms with Crippen LogP contribution in [0.2, 0.25) is 0 Å². The summed E-state index contributed by atoms with van der Waals surface area (Å²) in [6, 6.07) is 14.9. The fourth-order valence-corrected chi connectivity index (χ4v) is 3.79. The zero-order chi connectivity index (χ0) is 21.9. The number of benzene rings is 1. The molecule has 0 saturated heterocycles. The summed E-state index contributed by atoms with van der Waals surface area (Å²) in [7, 11) is 0. The Balaban J connectivity index is 1.56. The SMILES string of the molecule is C[C@@H]1CCCn2cnnc2-c2cccc(n2)NC(=O)c2cc(-c3ccncc3)ccc2O1. The first-order valence-electron chi connectivity index (χ1n) is 10.5. The normalized spacial score (nSPS) is 16.2. The van der Waals surface area contributed by atoms with Crippen molar-refractivity contribution in [2.45, 2.75) is 32.4 Å². The molecule has 1 aliphatic rings. The number of amides is 1. The molecule has 32 heavy (non-hydrogen) atoms. The first-order valence-corrected chi connectivity index (χ1v) is 10.5. The van der Waals surface area contributed by atoms with Crippen molar-refractivity contribution in [2.75, 3.05) is 5.32 Å². The van der Waals surface area contributed by atoms with Gasteiger partial charge in [0.1, 0.15) is 23.6 Å². The third kappa shape index (κ3) is 4.07. The van der Waals surface area contributed by atoms with Crippen molar-refractivity contribution < 1.29 is 9.53 Å². The van der Waals surface area contributed by atoms with Gasteiger partial charge in [-0.1, -0.05) is 12.1 Å². The van der Waals surface area contributed by atoms with E-state index in [1.165, 1.54) is 0 Å². The molecule has 1 atom stereocenters. The van der Waals surface area contributed by atoms with Gasteiger partial charge in [0.2, 0.25) is 0 Å². The molecular formula is C24H22N6O2. The van der Waals surface area contributed by atoms with Crippen LogP contribution in [-0.4, -0.2) is 36.7 Å². The Kier molecular flexibility index (Phi) is 5.33. The van der Waals surface area contributed by atoms with Gasteiger partial charge >= 0.3 is 0 Å². The van der Waals surface area contributed by atoms with Gasteiger partial charge in [-0.25, -0.2) is 4.98 Å². The summed E-state index contributed by atoms with van der Waals surface area (Å²) < 4.78 is 8.17. The number of ether oxygens (including phenoxy) is 1. The quantitative estimate of drug-likeness (QED) is 0.490. The highest BCUT2D eigenvalue weighted by Gasteiger charge is 2.19. The van der Waals surface area contributed by atoms with Gasteiger partial charge in [-0.2, -0.15) is 0 Å². The Morgan fingerprint density at radius 3 is 2.84 bits per heavy atom. The van der Waals surface area contributed by atoms with E-state index >= 15 is 0 Å². The average Bonchev–Trinajstić information content (AvgIpc) is 3.28. The van der Waals surface area contributed by atoms with Gasteiger partial charge in [0.15, 0.2) is 5.82 Å². The number of nitrogens with one attached hydrogen (secondary N) is 1. The van der Waals surface area contributed by atoms with E-state index in [0.29, 0.717) is 28.6 Å². The molecule has 8 heteroatoms. The maximum Gasteiger partial charge on any atom is 0.260 e. The predicted octanol–water partition coefficient (Wildman–Crippen LogP) is 4.22. The van der Waals surface area contributed by atoms with Crippen LogP contribution in [0.15, 0.2) is 67.3 Å². The largest absolute Gasteiger partial charge is 0.490 e. The first-order chi connectivity index (χ1) is 15.7. The Morgan fingerprint density at radius 2 is 1.97 bits per heavy atom. The summed E-state index contributed by atoms with van der Waals surface area (Å²) in [6.07, 6.45) is 6.80. The molecule has 0 unspecified atom stereocenters. The summed E-state index contributed by atoms with van der Waals surface area (Å²) in [5.74, 6) is 1.37. The van der Waals surface area contributed by atoms with E-state index in [1.54, 1.807) is 24.8 Å². The van der Waals surface area contributed by atoms with Crippen LogP contribution in [-0.2, 0) is 6.54 Å². The molecule has 4 heterocycles. The fraction of sp³-hybridized carbons (Fsp3) is 0.208. The van der Waals surface area contributed by atoms with Crippen LogP contribution in [0.5, 0.6) is 5.75 Å². The second-order valence-corrected chi connectivity index (χ2v) is 7.73. The van der Waals surface area contributed by atoms with Gasteiger partial charge in [0, 0.05) is 18.9 Å². The van der Waals surface area contributed by atoms with Crippen molar-refractivity contribution in [3.63, 3.8) is 0 Å². The lowest BCUT2D eigenvalue weighted by Gasteiger charge is -2.19. The van der Waals surface area contributed by atoms with Gasteiger partial charge in [0.25, 0.3) is 5.91 Å². The van der Waals surface area contributed by atoms with Gasteiger partial charge in [-0.05, 0) is 67.3 Å². The molecule has 3 aromatic heterocycles. The molecule has 0 saturated carbocycles. The molecule has 160 valence electrons. The fourth-order valence-electron chi connectivity index (χ4n) is 3.79. The van der Waals surface area contributed by atoms with Crippen molar-refractivity contribution >= 4 is 11.7 Å². The van der Waals surface area contributed by atoms with E-state index in [-0.39, 0.29) is 12.0 Å². The van der Waals surface area contributed by atoms with Crippen molar-refractivity contribution in [3.05, 3.63) is 72.8 Å². The summed E-state index contributed by atoms with van der Waals surface area (Å²) in [6.45, 7) is 2.77. The van der Waals surface area contributed by atoms with Crippen LogP contribution in [0, 0.1) is 0 Å². The van der Waals surface area contributed by atoms with E-state index in [1.807, 2.05) is 54.0 Å². The van der Waals surface area contributed by atoms with Gasteiger partial charge in [-0.3, -0.25) is 9.78 Å². The molecule has 1 aliphatic heterocycles. The number of anilines is 1. The molecule has 4 aromatic rings. The van der Waals surface area contributed by atoms with E-state index < -0.39 is 0 Å². The van der Waals surface area contributed by atoms with E-state index in [0.717, 1.165) is 30.5 Å². The summed E-state index contributed by atoms with van der Waals surface area (Å²) in [4.78, 5) is 22.0. The number of nitrogens with zero attached hydrogens (tertiary/aromatic N) is 5. The molecule has 5 rings (SSSR count). The maximum absolute atomic E-state index is 13.3. The van der Waals surface area contributed by atoms with Crippen molar-refractivity contribution in [1.29, 1.82) is 0 Å². The Hall–Kier alpha value is -4.07. The van der Waals surface area contributed by atoms with Gasteiger partial charge < -0.3 is 14.6 Å². The molecule has 0 fully saturated rings. The molecule has 8 nitrogen and oxygen atoms in total. The Labute approximate surface area is 185 Å². The van der Waals surface area contributed by atoms with Crippen LogP contribution in [0.25, 0.3) is 22.6 Å². The average molecular weight is 426 g/mol. The van der Waals surface area contributed by atoms with Crippen molar-refractivity contribution in [2.24, 2.45) is 0 Å². The minimum Gasteiger partial charge on any atom is -0.490 e. The second kappa shape index (κ2) is 8.58. The maximum atomic E-state index is 13.3. The molecule has 1 N–H and O–H groups in total. The number of rotatable bonds is 1. The number of hydrogen-bond acceptors (Lipinski definition) is 6. The number of pyridine rings is 2. The van der Waals surface area contributed by atoms with Crippen molar-refractivity contribution in [1.82, 2.24) is 24.7 Å². The molecule has 1 aromatic carbocycles. The van der Waals surface area contributed by atoms with Crippen LogP contribution in [0.1, 0.15) is 30.1 Å². The molecule has 0 radical (unpaired) electrons. The molecule has 1 amide bonds. The lowest BCUT2D eigenvalue weighted by atomic mass is 10.0. The topological polar surface area (TPSA) is 94.8 Å². The summed E-state index contributed by atoms with van der Waals surface area (Å²) in [5, 5.41) is 11.2. The van der Waals surface area contributed by atoms with E-state index in [4.69, 9.17) is 4.74 Å². The zero-order valence-corrected chi connectivity index (χ0v) is 17.6. The minimum absolute atomic E-state index is 0.0628. The van der Waals surface area contributed by atoms with Crippen molar-refractivity contribution in [3.8, 4) is 28.4 Å². The van der Waals surface area contributed by atoms with Gasteiger partial charge in [-0.15, -0.1) is 10.2 Å². The second-order valence-electron chi connectivity index (χ2n) is 7.73. The van der Waals surface area contributed by atoms with Crippen LogP contribution >= 0.6 is 0 Å². The first kappa shape index (κ1) is 19.9. The summed E-state index contributed by atoms with van der Waals surface area (Å²) >= 11 is 0. The molecular weight excluding hydrogens is 404 g/mol. The lowest BCUT2D eigenvalue weighted by Crippen LogP contribution is -2.19. The van der Waals surface area contributed by atoms with Crippen LogP contribution < -0.4 is 10.1 Å². The van der Waals surface area contributed by atoms with Gasteiger partial charge in [0.05, 0.1) is 11.7 Å². The molecule has 2 bridgehead atoms. The Bertz CT molecular complexity index is 1250. The summed E-state index contributed by atoms with van der Waals surface area (Å²) in [5.41, 5.74) is 3.00. The van der Waals surface area contributed by atoms with E-state index in [9.17, 15) is 4.79 Å². The highest BCUT2D eigenvalue weighted by Crippen LogP contribution is 2.29. The lowest BCUT2D eigenvalue weighted by molar-refractivity contribution is 0.101. The number of carbonyl (C=O) groups is 1. The number of aryl methyl sites for hydroxylation is 1. The third-order valence-electron chi connectivity index (χ3n) is 5.41. The highest BCUT2D eigenvalue weighted by atomic mass is 16.5. The highest BCUT2D eigenvalue weighted by molar-refractivity contribution is 6.06. The third-order valence-corrected chi connectivity index (χ3v) is 5.41.